The quantitative estimate of drug-likeness (QED) is 0.622. The monoisotopic (exact) mass is 267 g/mol. The van der Waals surface area contributed by atoms with Gasteiger partial charge in [-0.15, -0.1) is 11.6 Å². The molecular formula is C12H10ClNO4. The number of alkyl halides is 1. The van der Waals surface area contributed by atoms with E-state index in [1.165, 1.54) is 18.2 Å². The Morgan fingerprint density at radius 1 is 1.44 bits per heavy atom. The van der Waals surface area contributed by atoms with E-state index in [9.17, 15) is 14.7 Å². The van der Waals surface area contributed by atoms with Crippen LogP contribution < -0.4 is 0 Å². The van der Waals surface area contributed by atoms with Crippen LogP contribution in [0.4, 0.5) is 0 Å². The van der Waals surface area contributed by atoms with Gasteiger partial charge in [0.25, 0.3) is 0 Å². The predicted molar refractivity (Wildman–Crippen MR) is 63.4 cm³/mol. The summed E-state index contributed by atoms with van der Waals surface area (Å²) in [6, 6.07) is 5.63. The molecule has 0 saturated heterocycles. The number of nitrogens with zero attached hydrogens (tertiary/aromatic N) is 1. The summed E-state index contributed by atoms with van der Waals surface area (Å²) in [6.45, 7) is 0. The summed E-state index contributed by atoms with van der Waals surface area (Å²) in [5.74, 6) is -1.57. The lowest BCUT2D eigenvalue weighted by atomic mass is 9.98. The van der Waals surface area contributed by atoms with Gasteiger partial charge in [0.05, 0.1) is 11.6 Å². The van der Waals surface area contributed by atoms with Gasteiger partial charge in [-0.05, 0) is 17.7 Å². The molecule has 0 spiro atoms. The van der Waals surface area contributed by atoms with Crippen molar-refractivity contribution < 1.29 is 19.8 Å². The molecule has 0 radical (unpaired) electrons. The highest BCUT2D eigenvalue weighted by atomic mass is 35.5. The van der Waals surface area contributed by atoms with E-state index >= 15 is 0 Å². The second kappa shape index (κ2) is 6.15. The lowest BCUT2D eigenvalue weighted by Crippen LogP contribution is -2.12. The van der Waals surface area contributed by atoms with E-state index in [2.05, 4.69) is 0 Å². The number of carboxylic acid groups (broad SMARTS) is 1. The number of benzene rings is 1. The molecule has 6 heteroatoms. The Hall–Kier alpha value is -1.90. The molecule has 0 saturated carbocycles. The molecule has 1 aromatic rings. The fourth-order valence-corrected chi connectivity index (χ4v) is 1.60. The summed E-state index contributed by atoms with van der Waals surface area (Å²) < 4.78 is 0. The molecule has 1 aromatic carbocycles. The number of nitriles is 1. The van der Waals surface area contributed by atoms with Crippen molar-refractivity contribution in [3.63, 3.8) is 0 Å². The van der Waals surface area contributed by atoms with Crippen molar-refractivity contribution in [2.75, 3.05) is 5.88 Å². The molecule has 1 atom stereocenters. The van der Waals surface area contributed by atoms with E-state index in [0.29, 0.717) is 0 Å². The van der Waals surface area contributed by atoms with Crippen LogP contribution in [0.25, 0.3) is 0 Å². The van der Waals surface area contributed by atoms with Crippen LogP contribution in [-0.2, 0) is 4.79 Å². The number of aliphatic hydroxyl groups excluding tert-OH is 1. The Bertz CT molecular complexity index is 521. The van der Waals surface area contributed by atoms with E-state index < -0.39 is 12.1 Å². The molecule has 0 aliphatic heterocycles. The molecule has 0 aliphatic carbocycles. The average molecular weight is 268 g/mol. The third-order valence-electron chi connectivity index (χ3n) is 2.34. The average Bonchev–Trinajstić information content (AvgIpc) is 2.37. The minimum Gasteiger partial charge on any atom is -0.479 e. The number of carbonyl (C=O) groups excluding carboxylic acids is 1. The summed E-state index contributed by atoms with van der Waals surface area (Å²) in [5.41, 5.74) is 0.267. The number of hydrogen-bond donors (Lipinski definition) is 2. The van der Waals surface area contributed by atoms with Gasteiger partial charge in [0.1, 0.15) is 0 Å². The largest absolute Gasteiger partial charge is 0.479 e. The number of hydrogen-bond acceptors (Lipinski definition) is 4. The molecule has 0 bridgehead atoms. The van der Waals surface area contributed by atoms with E-state index in [0.717, 1.165) is 0 Å². The molecule has 1 rings (SSSR count). The van der Waals surface area contributed by atoms with Gasteiger partial charge in [0, 0.05) is 17.9 Å². The predicted octanol–water partition coefficient (Wildman–Crippen LogP) is 1.49. The second-order valence-corrected chi connectivity index (χ2v) is 3.90. The van der Waals surface area contributed by atoms with Gasteiger partial charge in [-0.25, -0.2) is 4.79 Å². The maximum atomic E-state index is 11.6. The Morgan fingerprint density at radius 3 is 2.61 bits per heavy atom. The molecule has 0 aliphatic rings. The summed E-state index contributed by atoms with van der Waals surface area (Å²) >= 11 is 5.44. The standard InChI is InChI=1S/C12H10ClNO4/c13-4-3-10(15)9-2-1-7(5-8(9)6-14)11(16)12(17)18/h1-2,5,11,16H,3-4H2,(H,17,18). The van der Waals surface area contributed by atoms with Crippen molar-refractivity contribution in [3.8, 4) is 6.07 Å². The van der Waals surface area contributed by atoms with Crippen LogP contribution in [0.1, 0.15) is 34.0 Å². The third-order valence-corrected chi connectivity index (χ3v) is 2.52. The van der Waals surface area contributed by atoms with Crippen molar-refractivity contribution in [2.24, 2.45) is 0 Å². The molecule has 1 unspecified atom stereocenters. The van der Waals surface area contributed by atoms with Gasteiger partial charge >= 0.3 is 5.97 Å². The van der Waals surface area contributed by atoms with Crippen LogP contribution in [0.15, 0.2) is 18.2 Å². The zero-order valence-corrected chi connectivity index (χ0v) is 10.0. The lowest BCUT2D eigenvalue weighted by molar-refractivity contribution is -0.146. The summed E-state index contributed by atoms with van der Waals surface area (Å²) in [4.78, 5) is 22.2. The first-order chi connectivity index (χ1) is 8.51. The molecule has 18 heavy (non-hydrogen) atoms. The highest BCUT2D eigenvalue weighted by Gasteiger charge is 2.19. The summed E-state index contributed by atoms with van der Waals surface area (Å²) in [7, 11) is 0. The van der Waals surface area contributed by atoms with Crippen molar-refractivity contribution in [1.82, 2.24) is 0 Å². The van der Waals surface area contributed by atoms with Crippen LogP contribution in [0.2, 0.25) is 0 Å². The number of ketones is 1. The van der Waals surface area contributed by atoms with Crippen LogP contribution in [0, 0.1) is 11.3 Å². The van der Waals surface area contributed by atoms with Crippen molar-refractivity contribution in [1.29, 1.82) is 5.26 Å². The highest BCUT2D eigenvalue weighted by molar-refractivity contribution is 6.19. The molecule has 2 N–H and O–H groups in total. The van der Waals surface area contributed by atoms with Crippen molar-refractivity contribution in [2.45, 2.75) is 12.5 Å². The molecule has 94 valence electrons. The summed E-state index contributed by atoms with van der Waals surface area (Å²) in [6.07, 6.45) is -1.62. The number of aliphatic hydroxyl groups is 1. The minimum atomic E-state index is -1.71. The van der Waals surface area contributed by atoms with Gasteiger partial charge in [-0.2, -0.15) is 5.26 Å². The zero-order valence-electron chi connectivity index (χ0n) is 9.26. The SMILES string of the molecule is N#Cc1cc(C(O)C(=O)O)ccc1C(=O)CCCl. The van der Waals surface area contributed by atoms with Gasteiger partial charge < -0.3 is 10.2 Å². The fraction of sp³-hybridized carbons (Fsp3) is 0.250. The van der Waals surface area contributed by atoms with Crippen molar-refractivity contribution in [3.05, 3.63) is 34.9 Å². The normalized spacial score (nSPS) is 11.6. The summed E-state index contributed by atoms with van der Waals surface area (Å²) in [5, 5.41) is 26.9. The number of aliphatic carboxylic acids is 1. The van der Waals surface area contributed by atoms with Gasteiger partial charge in [0.15, 0.2) is 11.9 Å². The van der Waals surface area contributed by atoms with Crippen LogP contribution in [-0.4, -0.2) is 27.8 Å². The van der Waals surface area contributed by atoms with E-state index in [1.54, 1.807) is 6.07 Å². The first-order valence-electron chi connectivity index (χ1n) is 5.05. The number of rotatable bonds is 5. The number of carbonyl (C=O) groups is 2. The fourth-order valence-electron chi connectivity index (χ4n) is 1.43. The number of Topliss-reactive ketones (excluding diaryl/α,β-unsaturated/α-hetero) is 1. The first-order valence-corrected chi connectivity index (χ1v) is 5.58. The highest BCUT2D eigenvalue weighted by Crippen LogP contribution is 2.19. The number of carboxylic acids is 1. The minimum absolute atomic E-state index is 0.0305. The molecule has 0 aromatic heterocycles. The smallest absolute Gasteiger partial charge is 0.337 e. The molecule has 5 nitrogen and oxygen atoms in total. The van der Waals surface area contributed by atoms with Crippen LogP contribution in [0.5, 0.6) is 0 Å². The Labute approximate surface area is 108 Å². The van der Waals surface area contributed by atoms with Crippen LogP contribution >= 0.6 is 11.6 Å². The maximum Gasteiger partial charge on any atom is 0.337 e. The molecule has 0 amide bonds. The Balaban J connectivity index is 3.16. The molecule has 0 heterocycles. The van der Waals surface area contributed by atoms with E-state index in [-0.39, 0.29) is 34.8 Å². The van der Waals surface area contributed by atoms with Gasteiger partial charge in [0.2, 0.25) is 0 Å². The maximum absolute atomic E-state index is 11.6. The van der Waals surface area contributed by atoms with Gasteiger partial charge in [-0.1, -0.05) is 6.07 Å². The van der Waals surface area contributed by atoms with Crippen molar-refractivity contribution >= 4 is 23.4 Å². The molecule has 0 fully saturated rings. The number of halogens is 1. The second-order valence-electron chi connectivity index (χ2n) is 3.52. The lowest BCUT2D eigenvalue weighted by Gasteiger charge is -2.08. The topological polar surface area (TPSA) is 98.4 Å². The van der Waals surface area contributed by atoms with E-state index in [1.807, 2.05) is 0 Å². The third kappa shape index (κ3) is 3.06. The molecular weight excluding hydrogens is 258 g/mol. The van der Waals surface area contributed by atoms with Gasteiger partial charge in [-0.3, -0.25) is 4.79 Å². The van der Waals surface area contributed by atoms with E-state index in [4.69, 9.17) is 22.0 Å². The van der Waals surface area contributed by atoms with Crippen LogP contribution in [0.3, 0.4) is 0 Å². The first kappa shape index (κ1) is 14.2. The Kier molecular flexibility index (Phi) is 4.84. The Morgan fingerprint density at radius 2 is 2.11 bits per heavy atom. The zero-order chi connectivity index (χ0) is 13.7.